The molecular weight excluding hydrogens is 605 g/mol. The van der Waals surface area contributed by atoms with Crippen LogP contribution in [0.4, 0.5) is 14.7 Å². The third kappa shape index (κ3) is 4.19. The minimum atomic E-state index is -0.842. The molecule has 3 heterocycles. The number of amides is 1. The number of hydrogen-bond acceptors (Lipinski definition) is 6. The third-order valence-electron chi connectivity index (χ3n) is 7.89. The van der Waals surface area contributed by atoms with E-state index in [1.807, 2.05) is 19.1 Å². The van der Waals surface area contributed by atoms with Gasteiger partial charge in [-0.15, -0.1) is 5.10 Å². The number of aliphatic hydroxyl groups is 1. The first kappa shape index (κ1) is 25.4. The van der Waals surface area contributed by atoms with Crippen molar-refractivity contribution in [2.24, 2.45) is 5.92 Å². The maximum atomic E-state index is 14.3. The average Bonchev–Trinajstić information content (AvgIpc) is 3.67. The van der Waals surface area contributed by atoms with Crippen molar-refractivity contribution in [1.29, 1.82) is 0 Å². The molecule has 2 fully saturated rings. The Morgan fingerprint density at radius 2 is 1.89 bits per heavy atom. The number of nitrogens with zero attached hydrogens (tertiary/aromatic N) is 5. The molecule has 3 N–H and O–H groups in total. The maximum Gasteiger partial charge on any atom is 0.254 e. The van der Waals surface area contributed by atoms with Gasteiger partial charge >= 0.3 is 0 Å². The van der Waals surface area contributed by atoms with Crippen molar-refractivity contribution in [1.82, 2.24) is 24.5 Å². The van der Waals surface area contributed by atoms with Crippen LogP contribution in [-0.2, 0) is 5.60 Å². The minimum absolute atomic E-state index is 0.0112. The van der Waals surface area contributed by atoms with E-state index < -0.39 is 17.2 Å². The molecule has 11 heteroatoms. The van der Waals surface area contributed by atoms with Gasteiger partial charge in [-0.1, -0.05) is 41.6 Å². The van der Waals surface area contributed by atoms with Crippen molar-refractivity contribution < 1.29 is 18.7 Å². The fraction of sp³-hybridized carbons (Fsp3) is 0.407. The third-order valence-corrected chi connectivity index (χ3v) is 9.19. The van der Waals surface area contributed by atoms with Gasteiger partial charge in [0.15, 0.2) is 17.3 Å². The standard InChI is InChI=1S/C27H27F2IN6O2/c1-2-27(38,17-8-9-17)16-6-3-14(4-7-16)25(37)35-13-15(5-10-21(35)30)23-33-24-19-11-18(28)12-20(29)22(19)32-26(31)36(24)34-23/h3-4,6-7,11-12,15,17,21,38H,2,5,8-10,13H2,1H3,(H2,31,32)/t15-,21-,27?/m1/s1. The lowest BCUT2D eigenvalue weighted by Gasteiger charge is -2.36. The van der Waals surface area contributed by atoms with E-state index in [9.17, 15) is 18.7 Å². The minimum Gasteiger partial charge on any atom is -0.385 e. The van der Waals surface area contributed by atoms with E-state index in [-0.39, 0.29) is 44.3 Å². The van der Waals surface area contributed by atoms with E-state index in [4.69, 9.17) is 5.73 Å². The van der Waals surface area contributed by atoms with Crippen LogP contribution in [0.5, 0.6) is 0 Å². The number of benzene rings is 2. The van der Waals surface area contributed by atoms with Gasteiger partial charge in [-0.2, -0.15) is 4.52 Å². The van der Waals surface area contributed by atoms with Crippen LogP contribution in [0.3, 0.4) is 0 Å². The van der Waals surface area contributed by atoms with Crippen LogP contribution in [0.25, 0.3) is 16.6 Å². The number of carbonyl (C=O) groups is 1. The number of likely N-dealkylation sites (tertiary alicyclic amines) is 1. The van der Waals surface area contributed by atoms with Gasteiger partial charge in [0.05, 0.1) is 15.0 Å². The molecule has 1 unspecified atom stereocenters. The molecule has 4 aromatic rings. The van der Waals surface area contributed by atoms with Crippen LogP contribution in [0.2, 0.25) is 0 Å². The summed E-state index contributed by atoms with van der Waals surface area (Å²) in [5.74, 6) is -1.17. The zero-order valence-electron chi connectivity index (χ0n) is 20.7. The summed E-state index contributed by atoms with van der Waals surface area (Å²) in [5.41, 5.74) is 6.75. The molecule has 6 rings (SSSR count). The van der Waals surface area contributed by atoms with Crippen molar-refractivity contribution in [2.45, 2.75) is 54.6 Å². The lowest BCUT2D eigenvalue weighted by molar-refractivity contribution is 0.00886. The predicted octanol–water partition coefficient (Wildman–Crippen LogP) is 4.93. The van der Waals surface area contributed by atoms with Crippen LogP contribution in [0.1, 0.15) is 66.7 Å². The fourth-order valence-electron chi connectivity index (χ4n) is 5.56. The number of nitrogen functional groups attached to an aromatic ring is 1. The number of alkyl halides is 1. The van der Waals surface area contributed by atoms with Crippen molar-refractivity contribution >= 4 is 51.0 Å². The smallest absolute Gasteiger partial charge is 0.254 e. The van der Waals surface area contributed by atoms with E-state index in [0.29, 0.717) is 24.4 Å². The van der Waals surface area contributed by atoms with Gasteiger partial charge in [0.25, 0.3) is 5.91 Å². The summed E-state index contributed by atoms with van der Waals surface area (Å²) < 4.78 is 29.6. The quantitative estimate of drug-likeness (QED) is 0.184. The number of carbonyl (C=O) groups excluding carboxylic acids is 1. The van der Waals surface area contributed by atoms with Gasteiger partial charge in [-0.25, -0.2) is 18.7 Å². The highest BCUT2D eigenvalue weighted by Gasteiger charge is 2.43. The SMILES string of the molecule is CCC(O)(c1ccc(C(=O)N2C[C@H](c3nc4c5cc(F)cc(F)c5nc(N)n4n3)CC[C@@H]2I)cc1)C1CC1. The second-order valence-electron chi connectivity index (χ2n) is 10.3. The first-order valence-corrected chi connectivity index (χ1v) is 14.0. The van der Waals surface area contributed by atoms with E-state index in [2.05, 4.69) is 37.7 Å². The first-order chi connectivity index (χ1) is 18.2. The molecule has 2 aliphatic rings. The van der Waals surface area contributed by atoms with Crippen LogP contribution >= 0.6 is 22.6 Å². The zero-order chi connectivity index (χ0) is 26.8. The molecule has 8 nitrogen and oxygen atoms in total. The second-order valence-corrected chi connectivity index (χ2v) is 11.7. The zero-order valence-corrected chi connectivity index (χ0v) is 22.9. The number of fused-ring (bicyclic) bond motifs is 3. The molecule has 1 aliphatic heterocycles. The van der Waals surface area contributed by atoms with Gasteiger partial charge in [-0.3, -0.25) is 4.79 Å². The molecule has 0 spiro atoms. The Bertz CT molecular complexity index is 1560. The molecule has 0 bridgehead atoms. The molecule has 198 valence electrons. The molecule has 38 heavy (non-hydrogen) atoms. The van der Waals surface area contributed by atoms with Gasteiger partial charge in [0, 0.05) is 24.1 Å². The van der Waals surface area contributed by atoms with Gasteiger partial charge in [-0.05, 0) is 61.8 Å². The van der Waals surface area contributed by atoms with Gasteiger partial charge < -0.3 is 15.7 Å². The monoisotopic (exact) mass is 632 g/mol. The number of rotatable bonds is 5. The molecule has 1 aliphatic carbocycles. The van der Waals surface area contributed by atoms with Crippen molar-refractivity contribution in [3.63, 3.8) is 0 Å². The molecule has 2 aromatic carbocycles. The van der Waals surface area contributed by atoms with E-state index in [1.165, 1.54) is 10.6 Å². The number of nitrogens with two attached hydrogens (primary N) is 1. The molecule has 1 amide bonds. The topological polar surface area (TPSA) is 110 Å². The Balaban J connectivity index is 1.28. The Hall–Kier alpha value is -2.93. The van der Waals surface area contributed by atoms with Crippen molar-refractivity contribution in [3.05, 3.63) is 65.0 Å². The number of halogens is 3. The number of hydrogen-bond donors (Lipinski definition) is 2. The van der Waals surface area contributed by atoms with Crippen molar-refractivity contribution in [2.75, 3.05) is 12.3 Å². The fourth-order valence-corrected chi connectivity index (χ4v) is 6.40. The number of anilines is 1. The highest BCUT2D eigenvalue weighted by molar-refractivity contribution is 14.1. The van der Waals surface area contributed by atoms with E-state index in [1.54, 1.807) is 17.0 Å². The Kier molecular flexibility index (Phi) is 6.25. The average molecular weight is 632 g/mol. The largest absolute Gasteiger partial charge is 0.385 e. The highest BCUT2D eigenvalue weighted by Crippen LogP contribution is 2.47. The highest BCUT2D eigenvalue weighted by atomic mass is 127. The lowest BCUT2D eigenvalue weighted by Crippen LogP contribution is -2.43. The molecule has 0 radical (unpaired) electrons. The van der Waals surface area contributed by atoms with Gasteiger partial charge in [0.2, 0.25) is 5.95 Å². The summed E-state index contributed by atoms with van der Waals surface area (Å²) in [7, 11) is 0. The summed E-state index contributed by atoms with van der Waals surface area (Å²) in [5, 5.41) is 15.8. The summed E-state index contributed by atoms with van der Waals surface area (Å²) >= 11 is 2.28. The number of piperidine rings is 1. The Morgan fingerprint density at radius 1 is 1.16 bits per heavy atom. The predicted molar refractivity (Wildman–Crippen MR) is 147 cm³/mol. The van der Waals surface area contributed by atoms with E-state index >= 15 is 0 Å². The maximum absolute atomic E-state index is 14.3. The van der Waals surface area contributed by atoms with Crippen LogP contribution in [0.15, 0.2) is 36.4 Å². The Morgan fingerprint density at radius 3 is 2.58 bits per heavy atom. The molecule has 2 aromatic heterocycles. The van der Waals surface area contributed by atoms with E-state index in [0.717, 1.165) is 37.3 Å². The molecule has 1 saturated carbocycles. The summed E-state index contributed by atoms with van der Waals surface area (Å²) in [4.78, 5) is 24.0. The summed E-state index contributed by atoms with van der Waals surface area (Å²) in [6, 6.07) is 9.23. The molecule has 3 atom stereocenters. The van der Waals surface area contributed by atoms with Gasteiger partial charge in [0.1, 0.15) is 11.3 Å². The number of aromatic nitrogens is 4. The molecule has 1 saturated heterocycles. The van der Waals surface area contributed by atoms with Crippen LogP contribution in [-0.4, -0.2) is 46.1 Å². The second kappa shape index (κ2) is 9.37. The Labute approximate surface area is 231 Å². The summed E-state index contributed by atoms with van der Waals surface area (Å²) in [6.07, 6.45) is 4.16. The normalized spacial score (nSPS) is 21.7. The van der Waals surface area contributed by atoms with Crippen LogP contribution in [0, 0.1) is 17.6 Å². The van der Waals surface area contributed by atoms with Crippen molar-refractivity contribution in [3.8, 4) is 0 Å². The summed E-state index contributed by atoms with van der Waals surface area (Å²) in [6.45, 7) is 2.37. The lowest BCUT2D eigenvalue weighted by atomic mass is 9.86. The molecular formula is C27H27F2IN6O2. The first-order valence-electron chi connectivity index (χ1n) is 12.8. The van der Waals surface area contributed by atoms with Crippen LogP contribution < -0.4 is 5.73 Å².